The fourth-order valence-corrected chi connectivity index (χ4v) is 2.20. The molecule has 0 aliphatic rings. The highest BCUT2D eigenvalue weighted by molar-refractivity contribution is 6.30. The third-order valence-corrected chi connectivity index (χ3v) is 3.19. The van der Waals surface area contributed by atoms with Gasteiger partial charge in [-0.15, -0.1) is 0 Å². The summed E-state index contributed by atoms with van der Waals surface area (Å²) in [7, 11) is 0. The molecule has 1 aromatic heterocycles. The van der Waals surface area contributed by atoms with Crippen LogP contribution in [-0.2, 0) is 0 Å². The van der Waals surface area contributed by atoms with E-state index in [1.54, 1.807) is 0 Å². The lowest BCUT2D eigenvalue weighted by molar-refractivity contribution is 0.317. The fraction of sp³-hybridized carbons (Fsp3) is 0.375. The summed E-state index contributed by atoms with van der Waals surface area (Å²) in [4.78, 5) is 8.18. The summed E-state index contributed by atoms with van der Waals surface area (Å²) < 4.78 is 11.4. The van der Waals surface area contributed by atoms with Gasteiger partial charge in [-0.05, 0) is 36.6 Å². The molecule has 0 saturated heterocycles. The smallest absolute Gasteiger partial charge is 0.227 e. The van der Waals surface area contributed by atoms with E-state index >= 15 is 0 Å². The Hall–Kier alpha value is -1.81. The van der Waals surface area contributed by atoms with Crippen LogP contribution in [0.2, 0.25) is 5.15 Å². The molecule has 0 fully saturated rings. The molecule has 112 valence electrons. The van der Waals surface area contributed by atoms with Gasteiger partial charge in [0.15, 0.2) is 0 Å². The summed E-state index contributed by atoms with van der Waals surface area (Å²) in [5, 5.41) is 0.429. The number of hydrogen-bond donors (Lipinski definition) is 0. The molecule has 5 heteroatoms. The number of nitrogens with zero attached hydrogens (tertiary/aromatic N) is 2. The predicted octanol–water partition coefficient (Wildman–Crippen LogP) is 4.83. The van der Waals surface area contributed by atoms with E-state index in [9.17, 15) is 0 Å². The summed E-state index contributed by atoms with van der Waals surface area (Å²) in [6.07, 6.45) is 2.39. The maximum Gasteiger partial charge on any atom is 0.227 e. The van der Waals surface area contributed by atoms with Crippen molar-refractivity contribution in [3.8, 4) is 17.4 Å². The lowest BCUT2D eigenvalue weighted by Crippen LogP contribution is -2.00. The van der Waals surface area contributed by atoms with E-state index in [1.807, 2.05) is 38.1 Å². The molecule has 0 atom stereocenters. The van der Waals surface area contributed by atoms with Gasteiger partial charge in [0.2, 0.25) is 5.88 Å². The number of benzene rings is 1. The standard InChI is InChI=1S/C16H19ClN2O2/c1-4-9-20-12-5-7-13(8-6-12)21-16-14(11(2)3)15(17)18-10-19-16/h5-8,10-11H,4,9H2,1-3H3. The van der Waals surface area contributed by atoms with E-state index in [-0.39, 0.29) is 5.92 Å². The second-order valence-electron chi connectivity index (χ2n) is 4.96. The van der Waals surface area contributed by atoms with Gasteiger partial charge < -0.3 is 9.47 Å². The van der Waals surface area contributed by atoms with Crippen LogP contribution in [-0.4, -0.2) is 16.6 Å². The van der Waals surface area contributed by atoms with Crippen LogP contribution in [0.4, 0.5) is 0 Å². The molecule has 21 heavy (non-hydrogen) atoms. The van der Waals surface area contributed by atoms with Crippen LogP contribution in [0.5, 0.6) is 17.4 Å². The SMILES string of the molecule is CCCOc1ccc(Oc2ncnc(Cl)c2C(C)C)cc1. The molecule has 2 aromatic rings. The van der Waals surface area contributed by atoms with Gasteiger partial charge in [-0.1, -0.05) is 32.4 Å². The lowest BCUT2D eigenvalue weighted by atomic mass is 10.1. The minimum absolute atomic E-state index is 0.181. The summed E-state index contributed by atoms with van der Waals surface area (Å²) in [5.41, 5.74) is 0.811. The lowest BCUT2D eigenvalue weighted by Gasteiger charge is -2.13. The Morgan fingerprint density at radius 2 is 1.76 bits per heavy atom. The highest BCUT2D eigenvalue weighted by atomic mass is 35.5. The molecule has 0 N–H and O–H groups in total. The van der Waals surface area contributed by atoms with Crippen LogP contribution in [0.25, 0.3) is 0 Å². The Morgan fingerprint density at radius 1 is 1.10 bits per heavy atom. The van der Waals surface area contributed by atoms with Crippen LogP contribution in [0.1, 0.15) is 38.7 Å². The average molecular weight is 307 g/mol. The Balaban J connectivity index is 2.17. The minimum Gasteiger partial charge on any atom is -0.494 e. The molecular weight excluding hydrogens is 288 g/mol. The number of hydrogen-bond acceptors (Lipinski definition) is 4. The molecule has 4 nitrogen and oxygen atoms in total. The summed E-state index contributed by atoms with van der Waals surface area (Å²) in [6.45, 7) is 6.83. The Kier molecular flexibility index (Phi) is 5.39. The van der Waals surface area contributed by atoms with Crippen molar-refractivity contribution >= 4 is 11.6 Å². The van der Waals surface area contributed by atoms with E-state index in [0.29, 0.717) is 23.4 Å². The largest absolute Gasteiger partial charge is 0.494 e. The number of halogens is 1. The second kappa shape index (κ2) is 7.27. The highest BCUT2D eigenvalue weighted by Crippen LogP contribution is 2.32. The molecule has 0 unspecified atom stereocenters. The molecule has 1 heterocycles. The van der Waals surface area contributed by atoms with Crippen molar-refractivity contribution in [2.24, 2.45) is 0 Å². The molecule has 0 aliphatic carbocycles. The van der Waals surface area contributed by atoms with Crippen molar-refractivity contribution in [2.75, 3.05) is 6.61 Å². The summed E-state index contributed by atoms with van der Waals surface area (Å²) >= 11 is 6.12. The van der Waals surface area contributed by atoms with Crippen molar-refractivity contribution in [3.05, 3.63) is 41.3 Å². The average Bonchev–Trinajstić information content (AvgIpc) is 2.46. The maximum absolute atomic E-state index is 6.12. The first-order valence-electron chi connectivity index (χ1n) is 7.03. The van der Waals surface area contributed by atoms with Crippen molar-refractivity contribution in [2.45, 2.75) is 33.1 Å². The first-order valence-corrected chi connectivity index (χ1v) is 7.40. The zero-order valence-electron chi connectivity index (χ0n) is 12.5. The molecule has 0 radical (unpaired) electrons. The topological polar surface area (TPSA) is 44.2 Å². The van der Waals surface area contributed by atoms with E-state index in [2.05, 4.69) is 16.9 Å². The highest BCUT2D eigenvalue weighted by Gasteiger charge is 2.15. The number of rotatable bonds is 6. The molecule has 0 spiro atoms. The van der Waals surface area contributed by atoms with Crippen molar-refractivity contribution in [1.29, 1.82) is 0 Å². The zero-order valence-corrected chi connectivity index (χ0v) is 13.2. The molecular formula is C16H19ClN2O2. The molecule has 1 aromatic carbocycles. The molecule has 0 aliphatic heterocycles. The van der Waals surface area contributed by atoms with Crippen molar-refractivity contribution in [3.63, 3.8) is 0 Å². The van der Waals surface area contributed by atoms with Crippen molar-refractivity contribution in [1.82, 2.24) is 9.97 Å². The Labute approximate surface area is 130 Å². The van der Waals surface area contributed by atoms with E-state index < -0.39 is 0 Å². The van der Waals surface area contributed by atoms with Crippen LogP contribution in [0.3, 0.4) is 0 Å². The second-order valence-corrected chi connectivity index (χ2v) is 5.32. The van der Waals surface area contributed by atoms with Crippen LogP contribution in [0.15, 0.2) is 30.6 Å². The van der Waals surface area contributed by atoms with Crippen LogP contribution < -0.4 is 9.47 Å². The minimum atomic E-state index is 0.181. The number of aromatic nitrogens is 2. The van der Waals surface area contributed by atoms with Gasteiger partial charge in [0.25, 0.3) is 0 Å². The first kappa shape index (κ1) is 15.6. The number of ether oxygens (including phenoxy) is 2. The van der Waals surface area contributed by atoms with E-state index in [1.165, 1.54) is 6.33 Å². The third-order valence-electron chi connectivity index (χ3n) is 2.89. The van der Waals surface area contributed by atoms with Gasteiger partial charge in [0.1, 0.15) is 23.0 Å². The predicted molar refractivity (Wildman–Crippen MR) is 83.4 cm³/mol. The maximum atomic E-state index is 6.12. The monoisotopic (exact) mass is 306 g/mol. The Morgan fingerprint density at radius 3 is 2.38 bits per heavy atom. The van der Waals surface area contributed by atoms with Gasteiger partial charge >= 0.3 is 0 Å². The van der Waals surface area contributed by atoms with Gasteiger partial charge in [-0.25, -0.2) is 9.97 Å². The Bertz CT molecular complexity index is 585. The summed E-state index contributed by atoms with van der Waals surface area (Å²) in [6, 6.07) is 7.46. The zero-order chi connectivity index (χ0) is 15.2. The van der Waals surface area contributed by atoms with Crippen LogP contribution in [0, 0.1) is 0 Å². The first-order chi connectivity index (χ1) is 10.1. The fourth-order valence-electron chi connectivity index (χ4n) is 1.86. The van der Waals surface area contributed by atoms with Gasteiger partial charge in [-0.3, -0.25) is 0 Å². The van der Waals surface area contributed by atoms with Gasteiger partial charge in [0, 0.05) is 0 Å². The van der Waals surface area contributed by atoms with Gasteiger partial charge in [-0.2, -0.15) is 0 Å². The summed E-state index contributed by atoms with van der Waals surface area (Å²) in [5.74, 6) is 2.19. The van der Waals surface area contributed by atoms with Gasteiger partial charge in [0.05, 0.1) is 12.2 Å². The van der Waals surface area contributed by atoms with E-state index in [4.69, 9.17) is 21.1 Å². The van der Waals surface area contributed by atoms with E-state index in [0.717, 1.165) is 17.7 Å². The van der Waals surface area contributed by atoms with Crippen LogP contribution >= 0.6 is 11.6 Å². The molecule has 2 rings (SSSR count). The van der Waals surface area contributed by atoms with Crippen molar-refractivity contribution < 1.29 is 9.47 Å². The molecule has 0 bridgehead atoms. The quantitative estimate of drug-likeness (QED) is 0.717. The molecule has 0 saturated carbocycles. The third kappa shape index (κ3) is 4.08. The normalized spacial score (nSPS) is 10.7. The molecule has 0 amide bonds.